The third kappa shape index (κ3) is 5.45. The molecule has 5 rings (SSSR count). The normalized spacial score (nSPS) is 12.2. The van der Waals surface area contributed by atoms with Crippen LogP contribution in [0.1, 0.15) is 18.5 Å². The Morgan fingerprint density at radius 1 is 1.11 bits per heavy atom. The van der Waals surface area contributed by atoms with E-state index in [2.05, 4.69) is 35.9 Å². The highest BCUT2D eigenvalue weighted by Gasteiger charge is 2.19. The van der Waals surface area contributed by atoms with Crippen molar-refractivity contribution in [1.29, 1.82) is 0 Å². The Morgan fingerprint density at radius 2 is 2.00 bits per heavy atom. The SMILES string of the molecule is C[C@@H](NCCO)c1cnc(F)cc1-c1cccc2cc(-c3nc(NCCn4ccnn4)ncc3F)sc12. The van der Waals surface area contributed by atoms with Crippen LogP contribution in [0.4, 0.5) is 14.7 Å². The van der Waals surface area contributed by atoms with Crippen molar-refractivity contribution in [2.75, 3.05) is 25.0 Å². The van der Waals surface area contributed by atoms with Gasteiger partial charge in [-0.25, -0.2) is 19.3 Å². The molecule has 190 valence electrons. The lowest BCUT2D eigenvalue weighted by molar-refractivity contribution is 0.286. The Kier molecular flexibility index (Phi) is 7.40. The number of aromatic nitrogens is 6. The van der Waals surface area contributed by atoms with E-state index in [9.17, 15) is 13.9 Å². The van der Waals surface area contributed by atoms with Gasteiger partial charge in [0.2, 0.25) is 11.9 Å². The van der Waals surface area contributed by atoms with Crippen molar-refractivity contribution in [3.05, 3.63) is 72.4 Å². The maximum atomic E-state index is 14.8. The summed E-state index contributed by atoms with van der Waals surface area (Å²) in [6, 6.07) is 8.83. The zero-order valence-corrected chi connectivity index (χ0v) is 20.7. The van der Waals surface area contributed by atoms with Crippen molar-refractivity contribution >= 4 is 27.4 Å². The maximum Gasteiger partial charge on any atom is 0.223 e. The van der Waals surface area contributed by atoms with Crippen LogP contribution in [0.3, 0.4) is 0 Å². The largest absolute Gasteiger partial charge is 0.395 e. The summed E-state index contributed by atoms with van der Waals surface area (Å²) < 4.78 is 31.6. The molecule has 3 N–H and O–H groups in total. The molecule has 0 amide bonds. The highest BCUT2D eigenvalue weighted by molar-refractivity contribution is 7.22. The van der Waals surface area contributed by atoms with E-state index in [1.54, 1.807) is 17.1 Å². The molecule has 0 saturated carbocycles. The van der Waals surface area contributed by atoms with E-state index < -0.39 is 11.8 Å². The fourth-order valence-corrected chi connectivity index (χ4v) is 5.24. The number of pyridine rings is 1. The predicted octanol–water partition coefficient (Wildman–Crippen LogP) is 4.05. The van der Waals surface area contributed by atoms with Gasteiger partial charge in [0.05, 0.1) is 30.4 Å². The molecule has 12 heteroatoms. The second-order valence-electron chi connectivity index (χ2n) is 8.31. The van der Waals surface area contributed by atoms with Crippen LogP contribution in [0.25, 0.3) is 31.8 Å². The lowest BCUT2D eigenvalue weighted by Crippen LogP contribution is -2.22. The highest BCUT2D eigenvalue weighted by Crippen LogP contribution is 2.41. The maximum absolute atomic E-state index is 14.8. The summed E-state index contributed by atoms with van der Waals surface area (Å²) >= 11 is 1.38. The fourth-order valence-electron chi connectivity index (χ4n) is 4.06. The first kappa shape index (κ1) is 24.8. The van der Waals surface area contributed by atoms with Gasteiger partial charge in [-0.2, -0.15) is 4.39 Å². The molecule has 1 atom stereocenters. The number of rotatable bonds is 10. The van der Waals surface area contributed by atoms with Gasteiger partial charge in [0, 0.05) is 47.9 Å². The molecule has 0 bridgehead atoms. The van der Waals surface area contributed by atoms with Crippen LogP contribution in [-0.4, -0.2) is 54.7 Å². The first-order valence-corrected chi connectivity index (χ1v) is 12.5. The molecule has 0 fully saturated rings. The second-order valence-corrected chi connectivity index (χ2v) is 9.36. The van der Waals surface area contributed by atoms with E-state index in [1.165, 1.54) is 23.6 Å². The number of fused-ring (bicyclic) bond motifs is 1. The molecule has 0 aliphatic carbocycles. The molecule has 0 aliphatic heterocycles. The molecule has 0 unspecified atom stereocenters. The van der Waals surface area contributed by atoms with E-state index in [-0.39, 0.29) is 18.3 Å². The van der Waals surface area contributed by atoms with Crippen molar-refractivity contribution < 1.29 is 13.9 Å². The Bertz CT molecular complexity index is 1510. The standard InChI is InChI=1S/C25H24F2N8OS/c1-15(28-7-10-36)19-13-30-22(27)12-18(19)17-4-2-3-16-11-21(37-24(16)17)23-20(26)14-31-25(33-23)29-5-8-35-9-6-32-34-35/h2-4,6,9,11-15,28,36H,5,7-8,10H2,1H3,(H,29,31,33)/t15-/m1/s1. The minimum atomic E-state index is -0.592. The molecule has 4 heterocycles. The van der Waals surface area contributed by atoms with Gasteiger partial charge in [0.1, 0.15) is 5.69 Å². The Labute approximate surface area is 215 Å². The van der Waals surface area contributed by atoms with Gasteiger partial charge in [-0.1, -0.05) is 23.4 Å². The van der Waals surface area contributed by atoms with Crippen molar-refractivity contribution in [3.8, 4) is 21.7 Å². The van der Waals surface area contributed by atoms with Crippen LogP contribution in [0.5, 0.6) is 0 Å². The summed E-state index contributed by atoms with van der Waals surface area (Å²) in [6.45, 7) is 3.36. The third-order valence-corrected chi connectivity index (χ3v) is 7.03. The Hall–Kier alpha value is -3.87. The summed E-state index contributed by atoms with van der Waals surface area (Å²) in [7, 11) is 0. The van der Waals surface area contributed by atoms with Crippen LogP contribution in [0, 0.1) is 11.8 Å². The van der Waals surface area contributed by atoms with E-state index in [0.717, 1.165) is 27.4 Å². The molecule has 0 spiro atoms. The quantitative estimate of drug-likeness (QED) is 0.236. The van der Waals surface area contributed by atoms with E-state index in [0.29, 0.717) is 36.0 Å². The first-order chi connectivity index (χ1) is 18.0. The smallest absolute Gasteiger partial charge is 0.223 e. The van der Waals surface area contributed by atoms with Gasteiger partial charge in [0.15, 0.2) is 5.82 Å². The van der Waals surface area contributed by atoms with Crippen molar-refractivity contribution in [2.24, 2.45) is 0 Å². The monoisotopic (exact) mass is 522 g/mol. The lowest BCUT2D eigenvalue weighted by atomic mass is 9.96. The molecule has 0 saturated heterocycles. The van der Waals surface area contributed by atoms with Gasteiger partial charge in [0.25, 0.3) is 0 Å². The number of aliphatic hydroxyl groups excluding tert-OH is 1. The molecule has 1 aromatic carbocycles. The molecule has 9 nitrogen and oxygen atoms in total. The van der Waals surface area contributed by atoms with Crippen molar-refractivity contribution in [1.82, 2.24) is 35.3 Å². The first-order valence-electron chi connectivity index (χ1n) is 11.7. The molecule has 0 aliphatic rings. The molecule has 5 aromatic rings. The number of hydrogen-bond donors (Lipinski definition) is 3. The molecular weight excluding hydrogens is 498 g/mol. The van der Waals surface area contributed by atoms with E-state index in [1.807, 2.05) is 31.2 Å². The van der Waals surface area contributed by atoms with Crippen LogP contribution < -0.4 is 10.6 Å². The van der Waals surface area contributed by atoms with Gasteiger partial charge in [-0.3, -0.25) is 4.68 Å². The minimum Gasteiger partial charge on any atom is -0.395 e. The zero-order chi connectivity index (χ0) is 25.8. The summed E-state index contributed by atoms with van der Waals surface area (Å²) in [5.74, 6) is -0.825. The number of nitrogens with zero attached hydrogens (tertiary/aromatic N) is 6. The van der Waals surface area contributed by atoms with Gasteiger partial charge in [-0.05, 0) is 29.5 Å². The summed E-state index contributed by atoms with van der Waals surface area (Å²) in [5, 5.41) is 24.0. The molecule has 4 aromatic heterocycles. The van der Waals surface area contributed by atoms with Crippen LogP contribution in [0.15, 0.2) is 55.1 Å². The van der Waals surface area contributed by atoms with Gasteiger partial charge < -0.3 is 15.7 Å². The van der Waals surface area contributed by atoms with Crippen molar-refractivity contribution in [3.63, 3.8) is 0 Å². The number of thiophene rings is 1. The average molecular weight is 523 g/mol. The van der Waals surface area contributed by atoms with Crippen molar-refractivity contribution in [2.45, 2.75) is 19.5 Å². The summed E-state index contributed by atoms with van der Waals surface area (Å²) in [6.07, 6.45) is 6.00. The average Bonchev–Trinajstić information content (AvgIpc) is 3.58. The third-order valence-electron chi connectivity index (χ3n) is 5.84. The number of hydrogen-bond acceptors (Lipinski definition) is 9. The van der Waals surface area contributed by atoms with Crippen LogP contribution in [-0.2, 0) is 6.54 Å². The fraction of sp³-hybridized carbons (Fsp3) is 0.240. The summed E-state index contributed by atoms with van der Waals surface area (Å²) in [5.41, 5.74) is 2.47. The van der Waals surface area contributed by atoms with E-state index in [4.69, 9.17) is 0 Å². The second kappa shape index (κ2) is 11.0. The lowest BCUT2D eigenvalue weighted by Gasteiger charge is -2.18. The Morgan fingerprint density at radius 3 is 2.81 bits per heavy atom. The van der Waals surface area contributed by atoms with Crippen LogP contribution in [0.2, 0.25) is 0 Å². The minimum absolute atomic E-state index is 0.0139. The molecule has 0 radical (unpaired) electrons. The summed E-state index contributed by atoms with van der Waals surface area (Å²) in [4.78, 5) is 12.9. The predicted molar refractivity (Wildman–Crippen MR) is 138 cm³/mol. The number of nitrogens with one attached hydrogen (secondary N) is 2. The number of anilines is 1. The van der Waals surface area contributed by atoms with E-state index >= 15 is 0 Å². The van der Waals surface area contributed by atoms with Crippen LogP contribution >= 0.6 is 11.3 Å². The van der Waals surface area contributed by atoms with Gasteiger partial charge >= 0.3 is 0 Å². The topological polar surface area (TPSA) is 114 Å². The number of aliphatic hydroxyl groups is 1. The number of benzene rings is 1. The molecule has 37 heavy (non-hydrogen) atoms. The van der Waals surface area contributed by atoms with Gasteiger partial charge in [-0.15, -0.1) is 16.4 Å². The Balaban J connectivity index is 1.49. The number of halogens is 2. The zero-order valence-electron chi connectivity index (χ0n) is 19.9. The molecular formula is C25H24F2N8OS. The highest BCUT2D eigenvalue weighted by atomic mass is 32.1.